The molecule has 2 aromatic rings. The fourth-order valence-electron chi connectivity index (χ4n) is 3.09. The molecule has 24 heavy (non-hydrogen) atoms. The zero-order valence-electron chi connectivity index (χ0n) is 13.8. The number of aryl methyl sites for hydroxylation is 1. The number of rotatable bonds is 3. The maximum absolute atomic E-state index is 12.7. The van der Waals surface area contributed by atoms with E-state index < -0.39 is 0 Å². The van der Waals surface area contributed by atoms with Gasteiger partial charge in [-0.2, -0.15) is 0 Å². The number of hydrogen-bond acceptors (Lipinski definition) is 3. The number of hydrogen-bond donors (Lipinski definition) is 2. The first kappa shape index (κ1) is 16.7. The maximum atomic E-state index is 12.7. The van der Waals surface area contributed by atoms with Gasteiger partial charge in [0.15, 0.2) is 0 Å². The monoisotopic (exact) mass is 343 g/mol. The van der Waals surface area contributed by atoms with Crippen LogP contribution in [-0.2, 0) is 0 Å². The number of amides is 1. The summed E-state index contributed by atoms with van der Waals surface area (Å²) >= 11 is 6.15. The van der Waals surface area contributed by atoms with E-state index >= 15 is 0 Å². The Balaban J connectivity index is 1.89. The van der Waals surface area contributed by atoms with Gasteiger partial charge in [-0.1, -0.05) is 17.7 Å². The van der Waals surface area contributed by atoms with Gasteiger partial charge >= 0.3 is 0 Å². The zero-order valence-corrected chi connectivity index (χ0v) is 14.6. The lowest BCUT2D eigenvalue weighted by molar-refractivity contribution is 0.102. The maximum Gasteiger partial charge on any atom is 0.256 e. The van der Waals surface area contributed by atoms with Gasteiger partial charge in [0.1, 0.15) is 0 Å². The highest BCUT2D eigenvalue weighted by molar-refractivity contribution is 6.31. The molecule has 1 heterocycles. The van der Waals surface area contributed by atoms with E-state index in [2.05, 4.69) is 10.2 Å². The summed E-state index contributed by atoms with van der Waals surface area (Å²) in [5.74, 6) is -0.166. The summed E-state index contributed by atoms with van der Waals surface area (Å²) < 4.78 is 0. The van der Waals surface area contributed by atoms with Crippen molar-refractivity contribution in [2.24, 2.45) is 0 Å². The Morgan fingerprint density at radius 1 is 1.12 bits per heavy atom. The Hall–Kier alpha value is -2.20. The topological polar surface area (TPSA) is 58.4 Å². The summed E-state index contributed by atoms with van der Waals surface area (Å²) in [6.45, 7) is 3.90. The molecule has 4 nitrogen and oxygen atoms in total. The van der Waals surface area contributed by atoms with Gasteiger partial charge < -0.3 is 16.0 Å². The van der Waals surface area contributed by atoms with Crippen molar-refractivity contribution in [3.63, 3.8) is 0 Å². The van der Waals surface area contributed by atoms with Crippen LogP contribution in [-0.4, -0.2) is 19.0 Å². The second-order valence-corrected chi connectivity index (χ2v) is 6.67. The van der Waals surface area contributed by atoms with Gasteiger partial charge in [-0.05, 0) is 62.1 Å². The van der Waals surface area contributed by atoms with E-state index in [9.17, 15) is 4.79 Å². The fourth-order valence-corrected chi connectivity index (χ4v) is 3.26. The normalized spacial score (nSPS) is 14.5. The third-order valence-electron chi connectivity index (χ3n) is 4.41. The van der Waals surface area contributed by atoms with Gasteiger partial charge in [0.05, 0.1) is 11.4 Å². The second kappa shape index (κ2) is 7.14. The summed E-state index contributed by atoms with van der Waals surface area (Å²) in [6, 6.07) is 11.0. The van der Waals surface area contributed by atoms with E-state index in [4.69, 9.17) is 17.3 Å². The average molecular weight is 344 g/mol. The number of halogens is 1. The van der Waals surface area contributed by atoms with E-state index in [0.29, 0.717) is 16.3 Å². The average Bonchev–Trinajstić information content (AvgIpc) is 2.58. The molecule has 0 atom stereocenters. The lowest BCUT2D eigenvalue weighted by Gasteiger charge is -2.30. The SMILES string of the molecule is Cc1ccc(N)cc1C(=O)Nc1cc(Cl)ccc1N1CCCCC1. The second-order valence-electron chi connectivity index (χ2n) is 6.24. The molecule has 5 heteroatoms. The molecule has 2 aromatic carbocycles. The summed E-state index contributed by atoms with van der Waals surface area (Å²) in [5.41, 5.74) is 9.64. The van der Waals surface area contributed by atoms with Crippen LogP contribution in [0.25, 0.3) is 0 Å². The summed E-state index contributed by atoms with van der Waals surface area (Å²) in [7, 11) is 0. The van der Waals surface area contributed by atoms with Gasteiger partial charge in [0, 0.05) is 29.4 Å². The Kier molecular flexibility index (Phi) is 4.95. The van der Waals surface area contributed by atoms with E-state index in [1.807, 2.05) is 31.2 Å². The molecule has 0 aliphatic carbocycles. The van der Waals surface area contributed by atoms with Crippen LogP contribution in [0.5, 0.6) is 0 Å². The molecular formula is C19H22ClN3O. The Bertz CT molecular complexity index is 754. The molecule has 126 valence electrons. The van der Waals surface area contributed by atoms with Crippen LogP contribution in [0.4, 0.5) is 17.1 Å². The molecule has 0 spiro atoms. The Morgan fingerprint density at radius 3 is 2.62 bits per heavy atom. The number of piperidine rings is 1. The van der Waals surface area contributed by atoms with Gasteiger partial charge in [-0.3, -0.25) is 4.79 Å². The fraction of sp³-hybridized carbons (Fsp3) is 0.316. The number of carbonyl (C=O) groups is 1. The number of anilines is 3. The molecule has 1 aliphatic heterocycles. The van der Waals surface area contributed by atoms with Crippen LogP contribution in [0.2, 0.25) is 5.02 Å². The quantitative estimate of drug-likeness (QED) is 0.808. The molecule has 3 N–H and O–H groups in total. The predicted octanol–water partition coefficient (Wildman–Crippen LogP) is 4.47. The molecule has 0 radical (unpaired) electrons. The van der Waals surface area contributed by atoms with Crippen molar-refractivity contribution in [3.8, 4) is 0 Å². The molecule has 1 fully saturated rings. The van der Waals surface area contributed by atoms with Crippen LogP contribution in [0.1, 0.15) is 35.2 Å². The van der Waals surface area contributed by atoms with Crippen LogP contribution in [0, 0.1) is 6.92 Å². The number of nitrogens with zero attached hydrogens (tertiary/aromatic N) is 1. The summed E-state index contributed by atoms with van der Waals surface area (Å²) in [5, 5.41) is 3.62. The molecule has 0 saturated carbocycles. The third-order valence-corrected chi connectivity index (χ3v) is 4.64. The number of nitrogens with two attached hydrogens (primary N) is 1. The number of nitrogens with one attached hydrogen (secondary N) is 1. The van der Waals surface area contributed by atoms with Gasteiger partial charge in [0.25, 0.3) is 5.91 Å². The minimum Gasteiger partial charge on any atom is -0.399 e. The van der Waals surface area contributed by atoms with Crippen LogP contribution >= 0.6 is 11.6 Å². The number of benzene rings is 2. The Morgan fingerprint density at radius 2 is 1.88 bits per heavy atom. The highest BCUT2D eigenvalue weighted by Gasteiger charge is 2.17. The van der Waals surface area contributed by atoms with Crippen molar-refractivity contribution in [2.75, 3.05) is 29.0 Å². The van der Waals surface area contributed by atoms with Gasteiger partial charge in [0.2, 0.25) is 0 Å². The summed E-state index contributed by atoms with van der Waals surface area (Å²) in [4.78, 5) is 15.0. The van der Waals surface area contributed by atoms with E-state index in [0.717, 1.165) is 30.0 Å². The first-order valence-corrected chi connectivity index (χ1v) is 8.64. The lowest BCUT2D eigenvalue weighted by atomic mass is 10.1. The lowest BCUT2D eigenvalue weighted by Crippen LogP contribution is -2.30. The third kappa shape index (κ3) is 3.65. The Labute approximate surface area is 147 Å². The minimum atomic E-state index is -0.166. The number of nitrogen functional groups attached to an aromatic ring is 1. The standard InChI is InChI=1S/C19H22ClN3O/c1-13-5-7-15(21)12-16(13)19(24)22-17-11-14(20)6-8-18(17)23-9-3-2-4-10-23/h5-8,11-12H,2-4,9-10,21H2,1H3,(H,22,24). The first-order chi connectivity index (χ1) is 11.5. The van der Waals surface area contributed by atoms with Crippen molar-refractivity contribution in [1.82, 2.24) is 0 Å². The van der Waals surface area contributed by atoms with Crippen molar-refractivity contribution in [1.29, 1.82) is 0 Å². The first-order valence-electron chi connectivity index (χ1n) is 8.26. The van der Waals surface area contributed by atoms with Crippen molar-refractivity contribution in [2.45, 2.75) is 26.2 Å². The highest BCUT2D eigenvalue weighted by Crippen LogP contribution is 2.31. The van der Waals surface area contributed by atoms with Crippen LogP contribution in [0.15, 0.2) is 36.4 Å². The van der Waals surface area contributed by atoms with Crippen LogP contribution < -0.4 is 16.0 Å². The molecule has 1 aliphatic rings. The molecule has 0 unspecified atom stereocenters. The minimum absolute atomic E-state index is 0.166. The van der Waals surface area contributed by atoms with E-state index in [1.165, 1.54) is 19.3 Å². The number of carbonyl (C=O) groups excluding carboxylic acids is 1. The van der Waals surface area contributed by atoms with Gasteiger partial charge in [-0.25, -0.2) is 0 Å². The van der Waals surface area contributed by atoms with Gasteiger partial charge in [-0.15, -0.1) is 0 Å². The van der Waals surface area contributed by atoms with E-state index in [1.54, 1.807) is 12.1 Å². The molecule has 3 rings (SSSR count). The molecule has 0 bridgehead atoms. The molecular weight excluding hydrogens is 322 g/mol. The van der Waals surface area contributed by atoms with Crippen molar-refractivity contribution < 1.29 is 4.79 Å². The smallest absolute Gasteiger partial charge is 0.256 e. The van der Waals surface area contributed by atoms with Crippen molar-refractivity contribution in [3.05, 3.63) is 52.5 Å². The molecule has 0 aromatic heterocycles. The predicted molar refractivity (Wildman–Crippen MR) is 101 cm³/mol. The van der Waals surface area contributed by atoms with E-state index in [-0.39, 0.29) is 5.91 Å². The molecule has 1 saturated heterocycles. The summed E-state index contributed by atoms with van der Waals surface area (Å²) in [6.07, 6.45) is 3.60. The largest absolute Gasteiger partial charge is 0.399 e. The zero-order chi connectivity index (χ0) is 17.1. The molecule has 1 amide bonds. The van der Waals surface area contributed by atoms with Crippen LogP contribution in [0.3, 0.4) is 0 Å². The van der Waals surface area contributed by atoms with Crippen molar-refractivity contribution >= 4 is 34.6 Å². The highest BCUT2D eigenvalue weighted by atomic mass is 35.5.